The first-order valence-corrected chi connectivity index (χ1v) is 7.94. The van der Waals surface area contributed by atoms with Crippen LogP contribution in [-0.4, -0.2) is 14.8 Å². The molecular formula is C19H12F3N5O. The Morgan fingerprint density at radius 2 is 1.82 bits per heavy atom. The zero-order valence-corrected chi connectivity index (χ0v) is 14.7. The first-order valence-electron chi connectivity index (χ1n) is 7.94. The molecule has 0 bridgehead atoms. The van der Waals surface area contributed by atoms with E-state index in [4.69, 9.17) is 15.3 Å². The summed E-state index contributed by atoms with van der Waals surface area (Å²) >= 11 is 0. The summed E-state index contributed by atoms with van der Waals surface area (Å²) in [6.45, 7) is 1.49. The van der Waals surface area contributed by atoms with Crippen LogP contribution in [0.25, 0.3) is 17.1 Å². The Labute approximate surface area is 157 Å². The third-order valence-corrected chi connectivity index (χ3v) is 3.91. The number of pyridine rings is 1. The van der Waals surface area contributed by atoms with Crippen molar-refractivity contribution in [3.8, 4) is 23.8 Å². The molecular weight excluding hydrogens is 371 g/mol. The molecule has 0 N–H and O–H groups in total. The van der Waals surface area contributed by atoms with Crippen molar-refractivity contribution < 1.29 is 17.9 Å². The van der Waals surface area contributed by atoms with E-state index in [2.05, 4.69) is 10.1 Å². The van der Waals surface area contributed by atoms with Gasteiger partial charge in [0.1, 0.15) is 23.5 Å². The molecule has 2 aromatic heterocycles. The SMILES string of the molecule is Cc1nn(C)c2nc(Oc3ccc(C=C(C#N)C#N)cc3)cc(C(F)(F)F)c12. The molecule has 3 rings (SSSR count). The molecule has 0 radical (unpaired) electrons. The van der Waals surface area contributed by atoms with Crippen molar-refractivity contribution in [1.82, 2.24) is 14.8 Å². The van der Waals surface area contributed by atoms with Gasteiger partial charge < -0.3 is 4.74 Å². The van der Waals surface area contributed by atoms with Crippen molar-refractivity contribution in [2.75, 3.05) is 0 Å². The molecule has 0 fully saturated rings. The number of allylic oxidation sites excluding steroid dienone is 1. The molecule has 9 heteroatoms. The van der Waals surface area contributed by atoms with Crippen molar-refractivity contribution in [2.24, 2.45) is 7.05 Å². The summed E-state index contributed by atoms with van der Waals surface area (Å²) in [7, 11) is 1.51. The topological polar surface area (TPSA) is 87.5 Å². The van der Waals surface area contributed by atoms with Gasteiger partial charge in [-0.1, -0.05) is 12.1 Å². The first-order chi connectivity index (χ1) is 13.2. The van der Waals surface area contributed by atoms with Crippen LogP contribution in [0.4, 0.5) is 13.2 Å². The minimum atomic E-state index is -4.59. The number of alkyl halides is 3. The number of nitriles is 2. The van der Waals surface area contributed by atoms with E-state index in [0.29, 0.717) is 5.56 Å². The Morgan fingerprint density at radius 3 is 2.39 bits per heavy atom. The minimum absolute atomic E-state index is 0.0644. The fourth-order valence-electron chi connectivity index (χ4n) is 2.71. The number of hydrogen-bond acceptors (Lipinski definition) is 5. The van der Waals surface area contributed by atoms with E-state index in [1.165, 1.54) is 36.9 Å². The molecule has 0 atom stereocenters. The highest BCUT2D eigenvalue weighted by atomic mass is 19.4. The molecule has 0 saturated carbocycles. The van der Waals surface area contributed by atoms with Crippen LogP contribution in [0.15, 0.2) is 35.9 Å². The summed E-state index contributed by atoms with van der Waals surface area (Å²) < 4.78 is 47.2. The van der Waals surface area contributed by atoms with Gasteiger partial charge in [-0.25, -0.2) is 0 Å². The highest BCUT2D eigenvalue weighted by Crippen LogP contribution is 2.38. The van der Waals surface area contributed by atoms with Crippen molar-refractivity contribution >= 4 is 17.1 Å². The number of aryl methyl sites for hydroxylation is 2. The molecule has 28 heavy (non-hydrogen) atoms. The second kappa shape index (κ2) is 7.05. The van der Waals surface area contributed by atoms with Gasteiger partial charge in [0.25, 0.3) is 0 Å². The molecule has 0 aliphatic carbocycles. The molecule has 0 unspecified atom stereocenters. The number of ether oxygens (including phenoxy) is 1. The molecule has 0 aliphatic heterocycles. The number of benzene rings is 1. The van der Waals surface area contributed by atoms with E-state index < -0.39 is 11.7 Å². The van der Waals surface area contributed by atoms with Crippen LogP contribution in [0.3, 0.4) is 0 Å². The smallest absolute Gasteiger partial charge is 0.417 e. The van der Waals surface area contributed by atoms with Crippen LogP contribution in [0.2, 0.25) is 0 Å². The Hall–Kier alpha value is -3.85. The van der Waals surface area contributed by atoms with E-state index >= 15 is 0 Å². The zero-order valence-electron chi connectivity index (χ0n) is 14.7. The number of nitrogens with zero attached hydrogens (tertiary/aromatic N) is 5. The first kappa shape index (κ1) is 18.9. The molecule has 0 spiro atoms. The summed E-state index contributed by atoms with van der Waals surface area (Å²) in [6, 6.07) is 10.5. The maximum atomic E-state index is 13.5. The quantitative estimate of drug-likeness (QED) is 0.621. The van der Waals surface area contributed by atoms with E-state index in [0.717, 1.165) is 6.07 Å². The summed E-state index contributed by atoms with van der Waals surface area (Å²) in [5, 5.41) is 21.5. The Balaban J connectivity index is 1.99. The highest BCUT2D eigenvalue weighted by Gasteiger charge is 2.35. The molecule has 2 heterocycles. The van der Waals surface area contributed by atoms with Gasteiger partial charge >= 0.3 is 6.18 Å². The van der Waals surface area contributed by atoms with Gasteiger partial charge in [0.15, 0.2) is 5.65 Å². The predicted molar refractivity (Wildman–Crippen MR) is 94.0 cm³/mol. The monoisotopic (exact) mass is 383 g/mol. The maximum absolute atomic E-state index is 13.5. The molecule has 1 aromatic carbocycles. The average Bonchev–Trinajstić information content (AvgIpc) is 2.93. The van der Waals surface area contributed by atoms with E-state index in [1.807, 2.05) is 0 Å². The molecule has 140 valence electrons. The zero-order chi connectivity index (χ0) is 20.5. The van der Waals surface area contributed by atoms with E-state index in [-0.39, 0.29) is 33.9 Å². The summed E-state index contributed by atoms with van der Waals surface area (Å²) in [5.74, 6) is 0.0346. The second-order valence-electron chi connectivity index (χ2n) is 5.87. The predicted octanol–water partition coefficient (Wildman–Crippen LogP) is 4.52. The van der Waals surface area contributed by atoms with Gasteiger partial charge in [-0.15, -0.1) is 0 Å². The second-order valence-corrected chi connectivity index (χ2v) is 5.87. The van der Waals surface area contributed by atoms with Gasteiger partial charge in [-0.2, -0.15) is 33.8 Å². The minimum Gasteiger partial charge on any atom is -0.439 e. The number of fused-ring (bicyclic) bond motifs is 1. The molecule has 0 saturated heterocycles. The number of hydrogen-bond donors (Lipinski definition) is 0. The van der Waals surface area contributed by atoms with Crippen LogP contribution < -0.4 is 4.74 Å². The standard InChI is InChI=1S/C19H12F3N5O/c1-11-17-15(19(20,21)22)8-16(25-18(17)27(2)26-11)28-14-5-3-12(4-6-14)7-13(9-23)10-24/h3-8H,1-2H3. The van der Waals surface area contributed by atoms with Gasteiger partial charge in [-0.3, -0.25) is 4.68 Å². The Bertz CT molecular complexity index is 1150. The number of rotatable bonds is 3. The Kier molecular flexibility index (Phi) is 4.76. The van der Waals surface area contributed by atoms with Gasteiger partial charge in [-0.05, 0) is 30.7 Å². The Morgan fingerprint density at radius 1 is 1.18 bits per heavy atom. The number of aromatic nitrogens is 3. The average molecular weight is 383 g/mol. The van der Waals surface area contributed by atoms with Crippen LogP contribution in [0.1, 0.15) is 16.8 Å². The van der Waals surface area contributed by atoms with E-state index in [1.54, 1.807) is 24.3 Å². The fourth-order valence-corrected chi connectivity index (χ4v) is 2.71. The fraction of sp³-hybridized carbons (Fsp3) is 0.158. The van der Waals surface area contributed by atoms with Gasteiger partial charge in [0.05, 0.1) is 16.6 Å². The van der Waals surface area contributed by atoms with Crippen molar-refractivity contribution in [2.45, 2.75) is 13.1 Å². The van der Waals surface area contributed by atoms with Crippen molar-refractivity contribution in [1.29, 1.82) is 10.5 Å². The van der Waals surface area contributed by atoms with E-state index in [9.17, 15) is 13.2 Å². The lowest BCUT2D eigenvalue weighted by atomic mass is 10.1. The highest BCUT2D eigenvalue weighted by molar-refractivity contribution is 5.83. The van der Waals surface area contributed by atoms with Gasteiger partial charge in [0, 0.05) is 13.1 Å². The number of halogens is 3. The molecule has 6 nitrogen and oxygen atoms in total. The molecule has 0 aliphatic rings. The summed E-state index contributed by atoms with van der Waals surface area (Å²) in [5.41, 5.74) is -0.0695. The summed E-state index contributed by atoms with van der Waals surface area (Å²) in [6.07, 6.45) is -3.21. The largest absolute Gasteiger partial charge is 0.439 e. The van der Waals surface area contributed by atoms with Crippen molar-refractivity contribution in [3.63, 3.8) is 0 Å². The third-order valence-electron chi connectivity index (χ3n) is 3.91. The lowest BCUT2D eigenvalue weighted by Crippen LogP contribution is -2.07. The molecule has 0 amide bonds. The third kappa shape index (κ3) is 3.64. The van der Waals surface area contributed by atoms with Crippen LogP contribution in [0.5, 0.6) is 11.6 Å². The lowest BCUT2D eigenvalue weighted by Gasteiger charge is -2.11. The van der Waals surface area contributed by atoms with Crippen molar-refractivity contribution in [3.05, 3.63) is 52.7 Å². The van der Waals surface area contributed by atoms with Crippen LogP contribution >= 0.6 is 0 Å². The molecule has 3 aromatic rings. The van der Waals surface area contributed by atoms with Gasteiger partial charge in [0.2, 0.25) is 5.88 Å². The normalized spacial score (nSPS) is 11.0. The van der Waals surface area contributed by atoms with Crippen LogP contribution in [0, 0.1) is 29.6 Å². The van der Waals surface area contributed by atoms with Crippen LogP contribution in [-0.2, 0) is 13.2 Å². The lowest BCUT2D eigenvalue weighted by molar-refractivity contribution is -0.136. The summed E-state index contributed by atoms with van der Waals surface area (Å²) in [4.78, 5) is 4.14. The maximum Gasteiger partial charge on any atom is 0.417 e.